The SMILES string of the molecule is CC1(C)CSC(Nc2c(Cl)cc(Cl)c3nsnc23)=N1. The second-order valence-corrected chi connectivity index (χ2v) is 7.13. The first-order valence-corrected chi connectivity index (χ1v) is 8.03. The van der Waals surface area contributed by atoms with Gasteiger partial charge in [-0.2, -0.15) is 8.75 Å². The third-order valence-electron chi connectivity index (χ3n) is 2.64. The maximum Gasteiger partial charge on any atom is 0.161 e. The molecule has 1 aliphatic heterocycles. The van der Waals surface area contributed by atoms with Crippen LogP contribution in [0.15, 0.2) is 11.1 Å². The van der Waals surface area contributed by atoms with Crippen LogP contribution in [0, 0.1) is 0 Å². The lowest BCUT2D eigenvalue weighted by atomic mass is 10.1. The van der Waals surface area contributed by atoms with Crippen molar-refractivity contribution in [3.05, 3.63) is 16.1 Å². The van der Waals surface area contributed by atoms with Gasteiger partial charge in [0, 0.05) is 5.75 Å². The van der Waals surface area contributed by atoms with Crippen molar-refractivity contribution in [3.63, 3.8) is 0 Å². The monoisotopic (exact) mass is 332 g/mol. The minimum Gasteiger partial charge on any atom is -0.332 e. The number of thioether (sulfide) groups is 1. The van der Waals surface area contributed by atoms with Crippen molar-refractivity contribution in [1.29, 1.82) is 0 Å². The summed E-state index contributed by atoms with van der Waals surface area (Å²) in [7, 11) is 0. The molecule has 100 valence electrons. The van der Waals surface area contributed by atoms with Gasteiger partial charge in [-0.25, -0.2) is 0 Å². The average Bonchev–Trinajstić information content (AvgIpc) is 2.91. The van der Waals surface area contributed by atoms with Crippen molar-refractivity contribution in [2.75, 3.05) is 11.1 Å². The molecule has 1 N–H and O–H groups in total. The molecule has 1 aliphatic rings. The maximum atomic E-state index is 6.24. The Bertz CT molecular complexity index is 681. The van der Waals surface area contributed by atoms with Crippen molar-refractivity contribution in [1.82, 2.24) is 8.75 Å². The number of benzene rings is 1. The molecule has 2 heterocycles. The Morgan fingerprint density at radius 1 is 1.21 bits per heavy atom. The number of amidine groups is 1. The van der Waals surface area contributed by atoms with Gasteiger partial charge >= 0.3 is 0 Å². The van der Waals surface area contributed by atoms with E-state index in [4.69, 9.17) is 23.2 Å². The minimum atomic E-state index is -0.0503. The summed E-state index contributed by atoms with van der Waals surface area (Å²) >= 11 is 15.1. The molecule has 0 unspecified atom stereocenters. The highest BCUT2D eigenvalue weighted by Gasteiger charge is 2.26. The first kappa shape index (κ1) is 13.4. The molecule has 0 fully saturated rings. The molecule has 8 heteroatoms. The lowest BCUT2D eigenvalue weighted by Gasteiger charge is -2.10. The number of nitrogens with one attached hydrogen (secondary N) is 1. The molecule has 19 heavy (non-hydrogen) atoms. The molecule has 0 aliphatic carbocycles. The number of rotatable bonds is 1. The summed E-state index contributed by atoms with van der Waals surface area (Å²) in [5, 5.41) is 5.14. The van der Waals surface area contributed by atoms with Gasteiger partial charge in [0.15, 0.2) is 5.17 Å². The van der Waals surface area contributed by atoms with Crippen LogP contribution in [0.3, 0.4) is 0 Å². The number of halogens is 2. The Labute approximate surface area is 128 Å². The molecule has 0 atom stereocenters. The Hall–Kier alpha value is -0.560. The summed E-state index contributed by atoms with van der Waals surface area (Å²) in [6, 6.07) is 1.68. The van der Waals surface area contributed by atoms with Crippen molar-refractivity contribution >= 4 is 68.6 Å². The second kappa shape index (κ2) is 4.77. The minimum absolute atomic E-state index is 0.0503. The Morgan fingerprint density at radius 2 is 1.95 bits per heavy atom. The number of nitrogens with zero attached hydrogens (tertiary/aromatic N) is 3. The van der Waals surface area contributed by atoms with E-state index in [-0.39, 0.29) is 5.54 Å². The molecular formula is C11H10Cl2N4S2. The van der Waals surface area contributed by atoms with E-state index in [1.165, 1.54) is 0 Å². The lowest BCUT2D eigenvalue weighted by molar-refractivity contribution is 0.605. The number of hydrogen-bond donors (Lipinski definition) is 1. The molecule has 1 aromatic carbocycles. The van der Waals surface area contributed by atoms with Gasteiger partial charge in [-0.05, 0) is 19.9 Å². The topological polar surface area (TPSA) is 50.2 Å². The van der Waals surface area contributed by atoms with Gasteiger partial charge in [0.2, 0.25) is 0 Å². The van der Waals surface area contributed by atoms with Crippen molar-refractivity contribution in [3.8, 4) is 0 Å². The van der Waals surface area contributed by atoms with Crippen LogP contribution in [0.25, 0.3) is 11.0 Å². The van der Waals surface area contributed by atoms with E-state index in [2.05, 4.69) is 32.9 Å². The van der Waals surface area contributed by atoms with Crippen molar-refractivity contribution < 1.29 is 0 Å². The smallest absolute Gasteiger partial charge is 0.161 e. The number of fused-ring (bicyclic) bond motifs is 1. The molecular weight excluding hydrogens is 323 g/mol. The van der Waals surface area contributed by atoms with E-state index in [9.17, 15) is 0 Å². The van der Waals surface area contributed by atoms with E-state index < -0.39 is 0 Å². The van der Waals surface area contributed by atoms with Crippen LogP contribution < -0.4 is 5.32 Å². The molecule has 3 rings (SSSR count). The molecule has 0 radical (unpaired) electrons. The van der Waals surface area contributed by atoms with Gasteiger partial charge in [0.1, 0.15) is 11.0 Å². The summed E-state index contributed by atoms with van der Waals surface area (Å²) in [6.07, 6.45) is 0. The van der Waals surface area contributed by atoms with E-state index in [1.54, 1.807) is 17.8 Å². The molecule has 0 amide bonds. The number of aromatic nitrogens is 2. The van der Waals surface area contributed by atoms with Crippen molar-refractivity contribution in [2.45, 2.75) is 19.4 Å². The largest absolute Gasteiger partial charge is 0.332 e. The zero-order valence-electron chi connectivity index (χ0n) is 10.2. The molecule has 0 saturated heterocycles. The summed E-state index contributed by atoms with van der Waals surface area (Å²) < 4.78 is 8.43. The second-order valence-electron chi connectivity index (χ2n) is 4.82. The average molecular weight is 333 g/mol. The standard InChI is InChI=1S/C11H10Cl2N4S2/c1-11(2)4-18-10(15-11)14-7-5(12)3-6(13)8-9(7)17-19-16-8/h3H,4H2,1-2H3,(H,14,15). The van der Waals surface area contributed by atoms with E-state index in [1.807, 2.05) is 0 Å². The van der Waals surface area contributed by atoms with Crippen LogP contribution in [-0.4, -0.2) is 25.2 Å². The molecule has 2 aromatic rings. The summed E-state index contributed by atoms with van der Waals surface area (Å²) in [4.78, 5) is 4.60. The Morgan fingerprint density at radius 3 is 2.63 bits per heavy atom. The number of anilines is 1. The molecule has 0 saturated carbocycles. The fourth-order valence-electron chi connectivity index (χ4n) is 1.75. The van der Waals surface area contributed by atoms with E-state index >= 15 is 0 Å². The Balaban J connectivity index is 2.04. The zero-order valence-corrected chi connectivity index (χ0v) is 13.3. The highest BCUT2D eigenvalue weighted by atomic mass is 35.5. The van der Waals surface area contributed by atoms with Crippen LogP contribution in [-0.2, 0) is 0 Å². The summed E-state index contributed by atoms with van der Waals surface area (Å²) in [5.74, 6) is 0.943. The molecule has 0 spiro atoms. The maximum absolute atomic E-state index is 6.24. The van der Waals surface area contributed by atoms with Gasteiger partial charge in [0.05, 0.1) is 33.0 Å². The van der Waals surface area contributed by atoms with Gasteiger partial charge < -0.3 is 5.32 Å². The normalized spacial score (nSPS) is 17.8. The molecule has 0 bridgehead atoms. The fraction of sp³-hybridized carbons (Fsp3) is 0.364. The summed E-state index contributed by atoms with van der Waals surface area (Å²) in [6.45, 7) is 4.19. The predicted octanol–water partition coefficient (Wildman–Crippen LogP) is 4.29. The van der Waals surface area contributed by atoms with Gasteiger partial charge in [0.25, 0.3) is 0 Å². The third kappa shape index (κ3) is 2.54. The molecule has 1 aromatic heterocycles. The highest BCUT2D eigenvalue weighted by molar-refractivity contribution is 8.14. The van der Waals surface area contributed by atoms with Crippen LogP contribution >= 0.6 is 46.7 Å². The molecule has 4 nitrogen and oxygen atoms in total. The zero-order chi connectivity index (χ0) is 13.6. The third-order valence-corrected chi connectivity index (χ3v) is 5.07. The number of aliphatic imine (C=N–C) groups is 1. The van der Waals surface area contributed by atoms with Crippen molar-refractivity contribution in [2.24, 2.45) is 4.99 Å². The fourth-order valence-corrected chi connectivity index (χ4v) is 3.95. The lowest BCUT2D eigenvalue weighted by Crippen LogP contribution is -2.15. The highest BCUT2D eigenvalue weighted by Crippen LogP contribution is 2.37. The Kier molecular flexibility index (Phi) is 3.37. The quantitative estimate of drug-likeness (QED) is 0.846. The van der Waals surface area contributed by atoms with Gasteiger partial charge in [-0.15, -0.1) is 0 Å². The first-order valence-electron chi connectivity index (χ1n) is 5.56. The van der Waals surface area contributed by atoms with E-state index in [0.717, 1.165) is 28.3 Å². The van der Waals surface area contributed by atoms with Crippen LogP contribution in [0.2, 0.25) is 10.0 Å². The van der Waals surface area contributed by atoms with E-state index in [0.29, 0.717) is 21.1 Å². The first-order chi connectivity index (χ1) is 8.96. The van der Waals surface area contributed by atoms with Crippen LogP contribution in [0.4, 0.5) is 5.69 Å². The van der Waals surface area contributed by atoms with Crippen LogP contribution in [0.1, 0.15) is 13.8 Å². The van der Waals surface area contributed by atoms with Gasteiger partial charge in [-0.1, -0.05) is 35.0 Å². The van der Waals surface area contributed by atoms with Crippen LogP contribution in [0.5, 0.6) is 0 Å². The number of hydrogen-bond acceptors (Lipinski definition) is 6. The summed E-state index contributed by atoms with van der Waals surface area (Å²) in [5.41, 5.74) is 2.03. The van der Waals surface area contributed by atoms with Gasteiger partial charge in [-0.3, -0.25) is 4.99 Å². The predicted molar refractivity (Wildman–Crippen MR) is 85.0 cm³/mol.